The zero-order valence-corrected chi connectivity index (χ0v) is 17.0. The summed E-state index contributed by atoms with van der Waals surface area (Å²) in [5.74, 6) is 0.718. The van der Waals surface area contributed by atoms with Crippen molar-refractivity contribution in [2.45, 2.75) is 25.9 Å². The van der Waals surface area contributed by atoms with Crippen molar-refractivity contribution in [2.24, 2.45) is 0 Å². The monoisotopic (exact) mass is 402 g/mol. The number of nitrogens with zero attached hydrogens (tertiary/aromatic N) is 3. The number of aromatic nitrogens is 3. The summed E-state index contributed by atoms with van der Waals surface area (Å²) in [6.07, 6.45) is 6.15. The average Bonchev–Trinajstić information content (AvgIpc) is 3.27. The van der Waals surface area contributed by atoms with Gasteiger partial charge in [-0.2, -0.15) is 11.3 Å². The summed E-state index contributed by atoms with van der Waals surface area (Å²) in [6.45, 7) is 2.80. The third kappa shape index (κ3) is 5.47. The van der Waals surface area contributed by atoms with E-state index in [1.807, 2.05) is 18.3 Å². The van der Waals surface area contributed by atoms with Crippen molar-refractivity contribution in [1.29, 1.82) is 0 Å². The third-order valence-corrected chi connectivity index (χ3v) is 5.27. The molecule has 5 nitrogen and oxygen atoms in total. The smallest absolute Gasteiger partial charge is 0.321 e. The molecule has 0 fully saturated rings. The third-order valence-electron chi connectivity index (χ3n) is 4.54. The molecule has 1 atom stereocenters. The quantitative estimate of drug-likeness (QED) is 0.444. The number of rotatable bonds is 8. The lowest BCUT2D eigenvalue weighted by Crippen LogP contribution is -2.23. The molecule has 29 heavy (non-hydrogen) atoms. The molecule has 0 aliphatic carbocycles. The van der Waals surface area contributed by atoms with Crippen LogP contribution in [0.3, 0.4) is 0 Å². The predicted molar refractivity (Wildman–Crippen MR) is 115 cm³/mol. The van der Waals surface area contributed by atoms with Crippen LogP contribution >= 0.6 is 11.3 Å². The number of thiophene rings is 1. The van der Waals surface area contributed by atoms with Gasteiger partial charge in [-0.05, 0) is 71.1 Å². The van der Waals surface area contributed by atoms with E-state index in [9.17, 15) is 0 Å². The molecule has 0 aliphatic rings. The molecule has 6 heteroatoms. The van der Waals surface area contributed by atoms with E-state index in [0.29, 0.717) is 6.01 Å². The molecule has 0 radical (unpaired) electrons. The Labute approximate surface area is 174 Å². The molecule has 0 spiro atoms. The molecule has 4 aromatic rings. The highest BCUT2D eigenvalue weighted by Gasteiger charge is 2.14. The summed E-state index contributed by atoms with van der Waals surface area (Å²) in [5, 5.41) is 7.97. The molecule has 0 unspecified atom stereocenters. The van der Waals surface area contributed by atoms with E-state index in [1.165, 1.54) is 16.7 Å². The minimum atomic E-state index is 0.152. The van der Waals surface area contributed by atoms with E-state index in [0.717, 1.165) is 24.4 Å². The number of hydrogen-bond acceptors (Lipinski definition) is 6. The Morgan fingerprint density at radius 2 is 1.79 bits per heavy atom. The van der Waals surface area contributed by atoms with Crippen molar-refractivity contribution in [3.05, 3.63) is 100 Å². The second-order valence-corrected chi connectivity index (χ2v) is 7.59. The molecule has 0 aliphatic heterocycles. The normalized spacial score (nSPS) is 11.9. The second-order valence-electron chi connectivity index (χ2n) is 6.81. The van der Waals surface area contributed by atoms with Gasteiger partial charge in [-0.3, -0.25) is 4.98 Å². The van der Waals surface area contributed by atoms with Crippen LogP contribution in [0.25, 0.3) is 0 Å². The first kappa shape index (κ1) is 19.2. The molecule has 4 rings (SSSR count). The first-order chi connectivity index (χ1) is 14.3. The van der Waals surface area contributed by atoms with Gasteiger partial charge in [-0.1, -0.05) is 18.2 Å². The fourth-order valence-electron chi connectivity index (χ4n) is 2.97. The van der Waals surface area contributed by atoms with Crippen LogP contribution in [0.1, 0.15) is 28.4 Å². The van der Waals surface area contributed by atoms with E-state index >= 15 is 0 Å². The summed E-state index contributed by atoms with van der Waals surface area (Å²) in [4.78, 5) is 12.8. The maximum Gasteiger partial charge on any atom is 0.321 e. The number of aryl methyl sites for hydroxylation is 1. The zero-order valence-electron chi connectivity index (χ0n) is 16.2. The highest BCUT2D eigenvalue weighted by Crippen LogP contribution is 2.21. The van der Waals surface area contributed by atoms with Crippen LogP contribution in [0.15, 0.2) is 77.9 Å². The van der Waals surface area contributed by atoms with Crippen molar-refractivity contribution in [2.75, 3.05) is 0 Å². The summed E-state index contributed by atoms with van der Waals surface area (Å²) >= 11 is 1.72. The molecule has 1 N–H and O–H groups in total. The van der Waals surface area contributed by atoms with Gasteiger partial charge in [0, 0.05) is 25.1 Å². The predicted octanol–water partition coefficient (Wildman–Crippen LogP) is 5.11. The Morgan fingerprint density at radius 3 is 2.48 bits per heavy atom. The molecule has 3 heterocycles. The van der Waals surface area contributed by atoms with Gasteiger partial charge in [0.05, 0.1) is 11.7 Å². The van der Waals surface area contributed by atoms with Gasteiger partial charge >= 0.3 is 6.01 Å². The minimum absolute atomic E-state index is 0.152. The lowest BCUT2D eigenvalue weighted by atomic mass is 10.0. The van der Waals surface area contributed by atoms with Crippen molar-refractivity contribution in [3.63, 3.8) is 0 Å². The van der Waals surface area contributed by atoms with Crippen LogP contribution in [0.4, 0.5) is 0 Å². The van der Waals surface area contributed by atoms with Crippen molar-refractivity contribution < 1.29 is 4.74 Å². The van der Waals surface area contributed by atoms with Gasteiger partial charge in [0.25, 0.3) is 0 Å². The Balaban J connectivity index is 1.42. The van der Waals surface area contributed by atoms with Gasteiger partial charge in [-0.25, -0.2) is 9.97 Å². The molecule has 0 saturated heterocycles. The second kappa shape index (κ2) is 9.41. The standard InChI is InChI=1S/C23H22N4OS/c1-17-3-8-21(26-14-17)22(13-19-9-12-29-16-19)27-15-18-4-6-20(7-5-18)28-23-24-10-2-11-25-23/h2-12,14,16,22,27H,13,15H2,1H3/t22-/m1/s1. The Bertz CT molecular complexity index is 1000. The Morgan fingerprint density at radius 1 is 0.966 bits per heavy atom. The van der Waals surface area contributed by atoms with Gasteiger partial charge < -0.3 is 10.1 Å². The van der Waals surface area contributed by atoms with E-state index in [-0.39, 0.29) is 6.04 Å². The SMILES string of the molecule is Cc1ccc([C@@H](Cc2ccsc2)NCc2ccc(Oc3ncccn3)cc2)nc1. The number of ether oxygens (including phenoxy) is 1. The van der Waals surface area contributed by atoms with Crippen LogP contribution < -0.4 is 10.1 Å². The molecule has 0 amide bonds. The highest BCUT2D eigenvalue weighted by atomic mass is 32.1. The Hall–Kier alpha value is -3.09. The number of hydrogen-bond donors (Lipinski definition) is 1. The molecular formula is C23H22N4OS. The summed E-state index contributed by atoms with van der Waals surface area (Å²) in [6, 6.07) is 16.6. The van der Waals surface area contributed by atoms with E-state index in [2.05, 4.69) is 68.3 Å². The highest BCUT2D eigenvalue weighted by molar-refractivity contribution is 7.07. The van der Waals surface area contributed by atoms with Gasteiger partial charge in [0.15, 0.2) is 0 Å². The lowest BCUT2D eigenvalue weighted by molar-refractivity contribution is 0.441. The van der Waals surface area contributed by atoms with Crippen LogP contribution in [0, 0.1) is 6.92 Å². The van der Waals surface area contributed by atoms with Crippen LogP contribution in [0.2, 0.25) is 0 Å². The largest absolute Gasteiger partial charge is 0.424 e. The summed E-state index contributed by atoms with van der Waals surface area (Å²) in [5.41, 5.74) is 4.72. The van der Waals surface area contributed by atoms with Crippen molar-refractivity contribution in [1.82, 2.24) is 20.3 Å². The van der Waals surface area contributed by atoms with E-state index < -0.39 is 0 Å². The summed E-state index contributed by atoms with van der Waals surface area (Å²) in [7, 11) is 0. The zero-order chi connectivity index (χ0) is 19.9. The van der Waals surface area contributed by atoms with Crippen molar-refractivity contribution in [3.8, 4) is 11.8 Å². The molecule has 3 aromatic heterocycles. The molecule has 0 bridgehead atoms. The fraction of sp³-hybridized carbons (Fsp3) is 0.174. The topological polar surface area (TPSA) is 59.9 Å². The molecule has 1 aromatic carbocycles. The Kier molecular flexibility index (Phi) is 6.24. The maximum absolute atomic E-state index is 5.66. The minimum Gasteiger partial charge on any atom is -0.424 e. The molecule has 146 valence electrons. The first-order valence-electron chi connectivity index (χ1n) is 9.47. The number of nitrogens with one attached hydrogen (secondary N) is 1. The molecule has 0 saturated carbocycles. The van der Waals surface area contributed by atoms with Gasteiger partial charge in [0.1, 0.15) is 5.75 Å². The fourth-order valence-corrected chi connectivity index (χ4v) is 3.65. The van der Waals surface area contributed by atoms with Gasteiger partial charge in [-0.15, -0.1) is 0 Å². The van der Waals surface area contributed by atoms with E-state index in [4.69, 9.17) is 4.74 Å². The van der Waals surface area contributed by atoms with E-state index in [1.54, 1.807) is 29.8 Å². The maximum atomic E-state index is 5.66. The first-order valence-corrected chi connectivity index (χ1v) is 10.4. The van der Waals surface area contributed by atoms with Crippen LogP contribution in [-0.4, -0.2) is 15.0 Å². The van der Waals surface area contributed by atoms with Crippen molar-refractivity contribution >= 4 is 11.3 Å². The lowest BCUT2D eigenvalue weighted by Gasteiger charge is -2.18. The number of benzene rings is 1. The molecular weight excluding hydrogens is 380 g/mol. The summed E-state index contributed by atoms with van der Waals surface area (Å²) < 4.78 is 5.66. The van der Waals surface area contributed by atoms with Gasteiger partial charge in [0.2, 0.25) is 0 Å². The average molecular weight is 403 g/mol. The van der Waals surface area contributed by atoms with Crippen LogP contribution in [-0.2, 0) is 13.0 Å². The number of pyridine rings is 1. The van der Waals surface area contributed by atoms with Crippen LogP contribution in [0.5, 0.6) is 11.8 Å².